The Hall–Kier alpha value is -0.570. The Morgan fingerprint density at radius 2 is 2.19 bits per heavy atom. The van der Waals surface area contributed by atoms with Crippen molar-refractivity contribution in [2.75, 3.05) is 33.7 Å². The smallest absolute Gasteiger partial charge is 0.0441 e. The average Bonchev–Trinajstić information content (AvgIpc) is 2.26. The minimum Gasteiger partial charge on any atom is -0.308 e. The first-order valence-corrected chi connectivity index (χ1v) is 6.18. The largest absolute Gasteiger partial charge is 0.308 e. The number of benzene rings is 1. The van der Waals surface area contributed by atoms with E-state index in [0.717, 1.165) is 37.6 Å². The molecule has 0 aliphatic carbocycles. The van der Waals surface area contributed by atoms with Crippen molar-refractivity contribution in [2.45, 2.75) is 13.0 Å². The average molecular weight is 239 g/mol. The standard InChI is InChI=1S/C13H19ClN2/c1-15(2)8-9-16-7-6-12-11(10-16)4-3-5-13(12)14/h3-5H,6-10H2,1-2H3. The Kier molecular flexibility index (Phi) is 3.85. The van der Waals surface area contributed by atoms with Crippen LogP contribution < -0.4 is 0 Å². The molecule has 0 spiro atoms. The fourth-order valence-corrected chi connectivity index (χ4v) is 2.44. The van der Waals surface area contributed by atoms with Gasteiger partial charge in [-0.05, 0) is 37.7 Å². The van der Waals surface area contributed by atoms with E-state index in [-0.39, 0.29) is 0 Å². The summed E-state index contributed by atoms with van der Waals surface area (Å²) in [6.45, 7) is 4.43. The highest BCUT2D eigenvalue weighted by atomic mass is 35.5. The molecule has 16 heavy (non-hydrogen) atoms. The Labute approximate surface area is 103 Å². The Balaban J connectivity index is 2.01. The zero-order chi connectivity index (χ0) is 11.5. The van der Waals surface area contributed by atoms with Gasteiger partial charge in [-0.1, -0.05) is 23.7 Å². The molecule has 0 saturated heterocycles. The molecular weight excluding hydrogens is 220 g/mol. The maximum atomic E-state index is 6.19. The molecule has 1 aromatic carbocycles. The van der Waals surface area contributed by atoms with Crippen LogP contribution in [-0.2, 0) is 13.0 Å². The van der Waals surface area contributed by atoms with Gasteiger partial charge in [0.2, 0.25) is 0 Å². The number of halogens is 1. The van der Waals surface area contributed by atoms with Crippen LogP contribution >= 0.6 is 11.6 Å². The van der Waals surface area contributed by atoms with E-state index in [0.29, 0.717) is 0 Å². The van der Waals surface area contributed by atoms with E-state index in [1.807, 2.05) is 6.07 Å². The minimum atomic E-state index is 0.935. The van der Waals surface area contributed by atoms with Gasteiger partial charge in [0.15, 0.2) is 0 Å². The van der Waals surface area contributed by atoms with Gasteiger partial charge in [-0.25, -0.2) is 0 Å². The fourth-order valence-electron chi connectivity index (χ4n) is 2.15. The quantitative estimate of drug-likeness (QED) is 0.797. The summed E-state index contributed by atoms with van der Waals surface area (Å²) in [5.41, 5.74) is 2.75. The molecule has 0 aromatic heterocycles. The minimum absolute atomic E-state index is 0.935. The predicted molar refractivity (Wildman–Crippen MR) is 69.0 cm³/mol. The number of hydrogen-bond donors (Lipinski definition) is 0. The highest BCUT2D eigenvalue weighted by molar-refractivity contribution is 6.31. The monoisotopic (exact) mass is 238 g/mol. The Morgan fingerprint density at radius 3 is 2.94 bits per heavy atom. The second-order valence-corrected chi connectivity index (χ2v) is 5.11. The molecule has 0 unspecified atom stereocenters. The van der Waals surface area contributed by atoms with E-state index >= 15 is 0 Å². The second kappa shape index (κ2) is 5.17. The van der Waals surface area contributed by atoms with Crippen molar-refractivity contribution in [3.8, 4) is 0 Å². The summed E-state index contributed by atoms with van der Waals surface area (Å²) in [7, 11) is 4.24. The van der Waals surface area contributed by atoms with Crippen molar-refractivity contribution in [2.24, 2.45) is 0 Å². The lowest BCUT2D eigenvalue weighted by molar-refractivity contribution is 0.225. The highest BCUT2D eigenvalue weighted by Crippen LogP contribution is 2.25. The summed E-state index contributed by atoms with van der Waals surface area (Å²) in [5, 5.41) is 0.935. The molecule has 1 aromatic rings. The van der Waals surface area contributed by atoms with Crippen molar-refractivity contribution in [3.63, 3.8) is 0 Å². The summed E-state index contributed by atoms with van der Waals surface area (Å²) in [6, 6.07) is 6.25. The van der Waals surface area contributed by atoms with Gasteiger partial charge in [-0.15, -0.1) is 0 Å². The third kappa shape index (κ3) is 2.76. The van der Waals surface area contributed by atoms with Crippen molar-refractivity contribution in [1.29, 1.82) is 0 Å². The third-order valence-corrected chi connectivity index (χ3v) is 3.51. The van der Waals surface area contributed by atoms with Gasteiger partial charge in [0, 0.05) is 31.2 Å². The molecule has 0 N–H and O–H groups in total. The maximum absolute atomic E-state index is 6.19. The van der Waals surface area contributed by atoms with Crippen molar-refractivity contribution < 1.29 is 0 Å². The molecule has 2 rings (SSSR count). The Bertz CT molecular complexity index is 363. The van der Waals surface area contributed by atoms with Gasteiger partial charge < -0.3 is 4.90 Å². The fraction of sp³-hybridized carbons (Fsp3) is 0.538. The molecule has 3 heteroatoms. The lowest BCUT2D eigenvalue weighted by atomic mass is 10.00. The molecule has 0 amide bonds. The molecule has 0 fully saturated rings. The van der Waals surface area contributed by atoms with Gasteiger partial charge in [-0.3, -0.25) is 4.90 Å². The first-order chi connectivity index (χ1) is 7.66. The van der Waals surface area contributed by atoms with Crippen molar-refractivity contribution in [1.82, 2.24) is 9.80 Å². The van der Waals surface area contributed by atoms with Crippen LogP contribution in [0.15, 0.2) is 18.2 Å². The number of nitrogens with zero attached hydrogens (tertiary/aromatic N) is 2. The van der Waals surface area contributed by atoms with Gasteiger partial charge in [0.25, 0.3) is 0 Å². The van der Waals surface area contributed by atoms with E-state index in [4.69, 9.17) is 11.6 Å². The molecule has 2 nitrogen and oxygen atoms in total. The van der Waals surface area contributed by atoms with Crippen LogP contribution in [0.3, 0.4) is 0 Å². The van der Waals surface area contributed by atoms with E-state index in [1.54, 1.807) is 0 Å². The maximum Gasteiger partial charge on any atom is 0.0441 e. The first kappa shape index (κ1) is 11.9. The van der Waals surface area contributed by atoms with Gasteiger partial charge in [0.1, 0.15) is 0 Å². The first-order valence-electron chi connectivity index (χ1n) is 5.80. The molecule has 1 aliphatic rings. The molecular formula is C13H19ClN2. The van der Waals surface area contributed by atoms with E-state index < -0.39 is 0 Å². The lowest BCUT2D eigenvalue weighted by Crippen LogP contribution is -2.35. The topological polar surface area (TPSA) is 6.48 Å². The van der Waals surface area contributed by atoms with Gasteiger partial charge in [-0.2, -0.15) is 0 Å². The molecule has 1 aliphatic heterocycles. The zero-order valence-electron chi connectivity index (χ0n) is 10.0. The van der Waals surface area contributed by atoms with Gasteiger partial charge in [0.05, 0.1) is 0 Å². The molecule has 88 valence electrons. The predicted octanol–water partition coefficient (Wildman–Crippen LogP) is 2.26. The van der Waals surface area contributed by atoms with E-state index in [2.05, 4.69) is 36.0 Å². The molecule has 1 heterocycles. The van der Waals surface area contributed by atoms with Crippen LogP contribution in [0.4, 0.5) is 0 Å². The van der Waals surface area contributed by atoms with Crippen LogP contribution in [0, 0.1) is 0 Å². The number of hydrogen-bond acceptors (Lipinski definition) is 2. The SMILES string of the molecule is CN(C)CCN1CCc2c(Cl)cccc2C1. The number of likely N-dealkylation sites (N-methyl/N-ethyl adjacent to an activating group) is 1. The number of fused-ring (bicyclic) bond motifs is 1. The van der Waals surface area contributed by atoms with Crippen molar-refractivity contribution >= 4 is 11.6 Å². The number of rotatable bonds is 3. The van der Waals surface area contributed by atoms with Crippen LogP contribution in [0.1, 0.15) is 11.1 Å². The van der Waals surface area contributed by atoms with E-state index in [1.165, 1.54) is 11.1 Å². The summed E-state index contributed by atoms with van der Waals surface area (Å²) in [6.07, 6.45) is 1.09. The molecule has 0 saturated carbocycles. The van der Waals surface area contributed by atoms with Crippen LogP contribution in [0.25, 0.3) is 0 Å². The molecule has 0 atom stereocenters. The lowest BCUT2D eigenvalue weighted by Gasteiger charge is -2.30. The van der Waals surface area contributed by atoms with E-state index in [9.17, 15) is 0 Å². The van der Waals surface area contributed by atoms with Gasteiger partial charge >= 0.3 is 0 Å². The van der Waals surface area contributed by atoms with Crippen LogP contribution in [-0.4, -0.2) is 43.5 Å². The zero-order valence-corrected chi connectivity index (χ0v) is 10.8. The normalized spacial score (nSPS) is 16.5. The molecule has 0 bridgehead atoms. The second-order valence-electron chi connectivity index (χ2n) is 4.71. The summed E-state index contributed by atoms with van der Waals surface area (Å²) < 4.78 is 0. The molecule has 0 radical (unpaired) electrons. The highest BCUT2D eigenvalue weighted by Gasteiger charge is 2.17. The van der Waals surface area contributed by atoms with Crippen molar-refractivity contribution in [3.05, 3.63) is 34.3 Å². The summed E-state index contributed by atoms with van der Waals surface area (Å²) in [4.78, 5) is 4.73. The third-order valence-electron chi connectivity index (χ3n) is 3.15. The van der Waals surface area contributed by atoms with Crippen LogP contribution in [0.2, 0.25) is 5.02 Å². The van der Waals surface area contributed by atoms with Crippen LogP contribution in [0.5, 0.6) is 0 Å². The Morgan fingerprint density at radius 1 is 1.38 bits per heavy atom. The summed E-state index contributed by atoms with van der Waals surface area (Å²) in [5.74, 6) is 0. The summed E-state index contributed by atoms with van der Waals surface area (Å²) >= 11 is 6.19.